The van der Waals surface area contributed by atoms with Gasteiger partial charge in [-0.25, -0.2) is 0 Å². The molecule has 0 radical (unpaired) electrons. The van der Waals surface area contributed by atoms with Crippen LogP contribution in [-0.4, -0.2) is 18.5 Å². The second-order valence-electron chi connectivity index (χ2n) is 5.63. The Morgan fingerprint density at radius 3 is 2.29 bits per heavy atom. The van der Waals surface area contributed by atoms with Gasteiger partial charge >= 0.3 is 5.97 Å². The molecule has 0 aliphatic heterocycles. The summed E-state index contributed by atoms with van der Waals surface area (Å²) in [5, 5.41) is 2.89. The molecule has 1 amide bonds. The summed E-state index contributed by atoms with van der Waals surface area (Å²) in [6, 6.07) is 6.02. The van der Waals surface area contributed by atoms with Crippen LogP contribution < -0.4 is 5.32 Å². The van der Waals surface area contributed by atoms with E-state index >= 15 is 0 Å². The van der Waals surface area contributed by atoms with Crippen LogP contribution in [0.4, 0.5) is 5.69 Å². The number of benzene rings is 1. The fourth-order valence-corrected chi connectivity index (χ4v) is 2.47. The molecule has 0 spiro atoms. The molecule has 0 aromatic heterocycles. The number of aryl methyl sites for hydroxylation is 2. The summed E-state index contributed by atoms with van der Waals surface area (Å²) in [4.78, 5) is 23.6. The Bertz CT molecular complexity index is 517. The fraction of sp³-hybridized carbons (Fsp3) is 0.529. The van der Waals surface area contributed by atoms with E-state index in [0.717, 1.165) is 36.1 Å². The number of esters is 1. The SMILES string of the molecule is CCc1cccc(CC)c1NC(=O)COC(=O)[C@@H]1C[C@@H]1C. The topological polar surface area (TPSA) is 55.4 Å². The maximum Gasteiger partial charge on any atom is 0.309 e. The monoisotopic (exact) mass is 289 g/mol. The molecule has 0 heterocycles. The quantitative estimate of drug-likeness (QED) is 0.819. The van der Waals surface area contributed by atoms with Crippen LogP contribution in [-0.2, 0) is 27.2 Å². The smallest absolute Gasteiger partial charge is 0.309 e. The molecule has 4 nitrogen and oxygen atoms in total. The first-order valence-corrected chi connectivity index (χ1v) is 7.64. The molecular weight excluding hydrogens is 266 g/mol. The molecule has 0 bridgehead atoms. The Morgan fingerprint density at radius 2 is 1.81 bits per heavy atom. The van der Waals surface area contributed by atoms with E-state index in [0.29, 0.717) is 5.92 Å². The zero-order chi connectivity index (χ0) is 15.4. The van der Waals surface area contributed by atoms with E-state index < -0.39 is 0 Å². The van der Waals surface area contributed by atoms with Crippen LogP contribution in [0.3, 0.4) is 0 Å². The number of carbonyl (C=O) groups excluding carboxylic acids is 2. The molecule has 2 rings (SSSR count). The van der Waals surface area contributed by atoms with E-state index in [1.165, 1.54) is 0 Å². The normalized spacial score (nSPS) is 20.0. The van der Waals surface area contributed by atoms with Crippen LogP contribution in [0.1, 0.15) is 38.3 Å². The summed E-state index contributed by atoms with van der Waals surface area (Å²) in [6.07, 6.45) is 2.57. The van der Waals surface area contributed by atoms with Crippen LogP contribution in [0.25, 0.3) is 0 Å². The summed E-state index contributed by atoms with van der Waals surface area (Å²) in [7, 11) is 0. The number of rotatable bonds is 6. The van der Waals surface area contributed by atoms with Gasteiger partial charge in [-0.15, -0.1) is 0 Å². The number of para-hydroxylation sites is 1. The highest BCUT2D eigenvalue weighted by Gasteiger charge is 2.40. The second-order valence-corrected chi connectivity index (χ2v) is 5.63. The van der Waals surface area contributed by atoms with Crippen molar-refractivity contribution in [3.63, 3.8) is 0 Å². The first kappa shape index (κ1) is 15.5. The van der Waals surface area contributed by atoms with E-state index in [-0.39, 0.29) is 24.4 Å². The van der Waals surface area contributed by atoms with Crippen LogP contribution >= 0.6 is 0 Å². The van der Waals surface area contributed by atoms with Gasteiger partial charge < -0.3 is 10.1 Å². The Kier molecular flexibility index (Phi) is 4.99. The van der Waals surface area contributed by atoms with Gasteiger partial charge in [0.05, 0.1) is 5.92 Å². The van der Waals surface area contributed by atoms with Crippen molar-refractivity contribution >= 4 is 17.6 Å². The van der Waals surface area contributed by atoms with Crippen molar-refractivity contribution in [1.82, 2.24) is 0 Å². The zero-order valence-electron chi connectivity index (χ0n) is 12.9. The molecule has 1 aliphatic carbocycles. The standard InChI is InChI=1S/C17H23NO3/c1-4-12-7-6-8-13(5-2)16(12)18-15(19)10-21-17(20)14-9-11(14)3/h6-8,11,14H,4-5,9-10H2,1-3H3,(H,18,19)/t11-,14+/m0/s1. The van der Waals surface area contributed by atoms with Gasteiger partial charge in [-0.1, -0.05) is 39.0 Å². The molecule has 0 unspecified atom stereocenters. The number of ether oxygens (including phenoxy) is 1. The molecule has 1 aromatic rings. The Morgan fingerprint density at radius 1 is 1.24 bits per heavy atom. The van der Waals surface area contributed by atoms with E-state index in [1.54, 1.807) is 0 Å². The first-order chi connectivity index (χ1) is 10.1. The van der Waals surface area contributed by atoms with Crippen molar-refractivity contribution in [1.29, 1.82) is 0 Å². The average Bonchev–Trinajstić information content (AvgIpc) is 3.22. The molecule has 0 saturated heterocycles. The lowest BCUT2D eigenvalue weighted by Gasteiger charge is -2.14. The highest BCUT2D eigenvalue weighted by Crippen LogP contribution is 2.38. The summed E-state index contributed by atoms with van der Waals surface area (Å²) < 4.78 is 5.07. The Hall–Kier alpha value is -1.84. The molecule has 21 heavy (non-hydrogen) atoms. The van der Waals surface area contributed by atoms with E-state index in [2.05, 4.69) is 19.2 Å². The van der Waals surface area contributed by atoms with Crippen molar-refractivity contribution in [3.05, 3.63) is 29.3 Å². The molecule has 4 heteroatoms. The second kappa shape index (κ2) is 6.74. The van der Waals surface area contributed by atoms with Gasteiger partial charge in [-0.2, -0.15) is 0 Å². The van der Waals surface area contributed by atoms with Gasteiger partial charge in [-0.05, 0) is 36.3 Å². The van der Waals surface area contributed by atoms with Gasteiger partial charge in [0.25, 0.3) is 5.91 Å². The van der Waals surface area contributed by atoms with Gasteiger partial charge in [0.2, 0.25) is 0 Å². The third-order valence-corrected chi connectivity index (χ3v) is 4.02. The number of anilines is 1. The molecule has 1 fully saturated rings. The van der Waals surface area contributed by atoms with Gasteiger partial charge in [0.15, 0.2) is 6.61 Å². The minimum atomic E-state index is -0.271. The van der Waals surface area contributed by atoms with Gasteiger partial charge in [0, 0.05) is 5.69 Å². The van der Waals surface area contributed by atoms with Crippen molar-refractivity contribution in [2.24, 2.45) is 11.8 Å². The maximum absolute atomic E-state index is 12.0. The minimum absolute atomic E-state index is 0.00747. The predicted molar refractivity (Wildman–Crippen MR) is 82.1 cm³/mol. The average molecular weight is 289 g/mol. The molecule has 1 aliphatic rings. The number of nitrogens with one attached hydrogen (secondary N) is 1. The fourth-order valence-electron chi connectivity index (χ4n) is 2.47. The summed E-state index contributed by atoms with van der Waals surface area (Å²) in [5.74, 6) is -0.135. The third-order valence-electron chi connectivity index (χ3n) is 4.02. The molecule has 1 saturated carbocycles. The molecule has 2 atom stereocenters. The highest BCUT2D eigenvalue weighted by molar-refractivity contribution is 5.94. The maximum atomic E-state index is 12.0. The summed E-state index contributed by atoms with van der Waals surface area (Å²) >= 11 is 0. The highest BCUT2D eigenvalue weighted by atomic mass is 16.5. The van der Waals surface area contributed by atoms with Gasteiger partial charge in [0.1, 0.15) is 0 Å². The number of carbonyl (C=O) groups is 2. The Balaban J connectivity index is 1.94. The zero-order valence-corrected chi connectivity index (χ0v) is 12.9. The van der Waals surface area contributed by atoms with Crippen LogP contribution in [0.15, 0.2) is 18.2 Å². The largest absolute Gasteiger partial charge is 0.455 e. The van der Waals surface area contributed by atoms with Crippen molar-refractivity contribution in [3.8, 4) is 0 Å². The van der Waals surface area contributed by atoms with Crippen molar-refractivity contribution < 1.29 is 14.3 Å². The number of hydrogen-bond acceptors (Lipinski definition) is 3. The van der Waals surface area contributed by atoms with Gasteiger partial charge in [-0.3, -0.25) is 9.59 Å². The van der Waals surface area contributed by atoms with Crippen molar-refractivity contribution in [2.45, 2.75) is 40.0 Å². The van der Waals surface area contributed by atoms with Crippen LogP contribution in [0, 0.1) is 11.8 Å². The molecule has 114 valence electrons. The summed E-state index contributed by atoms with van der Waals surface area (Å²) in [6.45, 7) is 5.91. The lowest BCUT2D eigenvalue weighted by atomic mass is 10.0. The summed E-state index contributed by atoms with van der Waals surface area (Å²) in [5.41, 5.74) is 3.07. The molecular formula is C17H23NO3. The van der Waals surface area contributed by atoms with E-state index in [1.807, 2.05) is 25.1 Å². The number of amides is 1. The first-order valence-electron chi connectivity index (χ1n) is 7.64. The van der Waals surface area contributed by atoms with Crippen LogP contribution in [0.5, 0.6) is 0 Å². The number of hydrogen-bond donors (Lipinski definition) is 1. The van der Waals surface area contributed by atoms with Crippen molar-refractivity contribution in [2.75, 3.05) is 11.9 Å². The third kappa shape index (κ3) is 3.84. The van der Waals surface area contributed by atoms with Crippen LogP contribution in [0.2, 0.25) is 0 Å². The molecule has 1 aromatic carbocycles. The van der Waals surface area contributed by atoms with E-state index in [4.69, 9.17) is 4.74 Å². The van der Waals surface area contributed by atoms with E-state index in [9.17, 15) is 9.59 Å². The predicted octanol–water partition coefficient (Wildman–Crippen LogP) is 2.95. The lowest BCUT2D eigenvalue weighted by Crippen LogP contribution is -2.23. The Labute approximate surface area is 125 Å². The molecule has 1 N–H and O–H groups in total. The lowest BCUT2D eigenvalue weighted by molar-refractivity contribution is -0.148. The minimum Gasteiger partial charge on any atom is -0.455 e.